The van der Waals surface area contributed by atoms with Crippen molar-refractivity contribution in [2.24, 2.45) is 0 Å². The van der Waals surface area contributed by atoms with Gasteiger partial charge < -0.3 is 19.7 Å². The third-order valence-electron chi connectivity index (χ3n) is 6.55. The number of piperidine rings is 1. The Morgan fingerprint density at radius 2 is 1.89 bits per heavy atom. The van der Waals surface area contributed by atoms with Crippen molar-refractivity contribution >= 4 is 23.8 Å². The molecular formula is C23H24F3N5O4. The molecule has 1 saturated heterocycles. The highest BCUT2D eigenvalue weighted by Crippen LogP contribution is 2.37. The number of nitrogens with zero attached hydrogens (tertiary/aromatic N) is 4. The van der Waals surface area contributed by atoms with Crippen LogP contribution in [0.25, 0.3) is 0 Å². The fourth-order valence-corrected chi connectivity index (χ4v) is 4.49. The summed E-state index contributed by atoms with van der Waals surface area (Å²) in [4.78, 5) is 35.4. The Balaban J connectivity index is 1.29. The molecule has 1 N–H and O–H groups in total. The first kappa shape index (κ1) is 23.2. The first-order valence-corrected chi connectivity index (χ1v) is 11.5. The van der Waals surface area contributed by atoms with Crippen molar-refractivity contribution in [1.82, 2.24) is 15.3 Å². The predicted molar refractivity (Wildman–Crippen MR) is 118 cm³/mol. The van der Waals surface area contributed by atoms with E-state index >= 15 is 0 Å². The second-order valence-electron chi connectivity index (χ2n) is 8.81. The topological polar surface area (TPSA) is 96.9 Å². The van der Waals surface area contributed by atoms with Crippen molar-refractivity contribution in [3.63, 3.8) is 0 Å². The molecule has 0 bridgehead atoms. The molecule has 0 unspecified atom stereocenters. The number of carbonyl (C=O) groups excluding carboxylic acids is 2. The Labute approximate surface area is 199 Å². The minimum atomic E-state index is -4.83. The Bertz CT molecular complexity index is 1120. The lowest BCUT2D eigenvalue weighted by atomic mass is 9.93. The van der Waals surface area contributed by atoms with Crippen molar-refractivity contribution in [2.45, 2.75) is 57.0 Å². The highest BCUT2D eigenvalue weighted by atomic mass is 19.4. The van der Waals surface area contributed by atoms with Crippen LogP contribution in [0.3, 0.4) is 0 Å². The maximum atomic E-state index is 13.7. The molecule has 3 aliphatic rings. The summed E-state index contributed by atoms with van der Waals surface area (Å²) < 4.78 is 51.3. The number of rotatable bonds is 4. The zero-order valence-electron chi connectivity index (χ0n) is 18.8. The number of cyclic esters (lactones) is 1. The summed E-state index contributed by atoms with van der Waals surface area (Å²) in [7, 11) is 0. The zero-order valence-corrected chi connectivity index (χ0v) is 18.8. The predicted octanol–water partition coefficient (Wildman–Crippen LogP) is 4.26. The number of hydrogen-bond donors (Lipinski definition) is 1. The number of hydrogen-bond acceptors (Lipinski definition) is 7. The van der Waals surface area contributed by atoms with Gasteiger partial charge in [0.25, 0.3) is 0 Å². The lowest BCUT2D eigenvalue weighted by molar-refractivity contribution is -0.142. The van der Waals surface area contributed by atoms with Gasteiger partial charge in [0.05, 0.1) is 11.9 Å². The quantitative estimate of drug-likeness (QED) is 0.683. The Morgan fingerprint density at radius 3 is 2.57 bits per heavy atom. The van der Waals surface area contributed by atoms with Crippen molar-refractivity contribution in [3.05, 3.63) is 41.7 Å². The third-order valence-corrected chi connectivity index (χ3v) is 6.55. The molecule has 5 rings (SSSR count). The molecule has 1 aromatic heterocycles. The van der Waals surface area contributed by atoms with E-state index in [0.29, 0.717) is 25.9 Å². The minimum absolute atomic E-state index is 0.0810. The largest absolute Gasteiger partial charge is 0.444 e. The molecule has 9 nitrogen and oxygen atoms in total. The van der Waals surface area contributed by atoms with Gasteiger partial charge in [0.2, 0.25) is 5.95 Å². The molecule has 2 aromatic rings. The van der Waals surface area contributed by atoms with Crippen LogP contribution in [0.1, 0.15) is 43.4 Å². The van der Waals surface area contributed by atoms with Crippen LogP contribution < -0.4 is 19.9 Å². The molecule has 0 spiro atoms. The number of alkyl halides is 3. The maximum absolute atomic E-state index is 13.7. The van der Waals surface area contributed by atoms with E-state index in [0.717, 1.165) is 36.7 Å². The minimum Gasteiger partial charge on any atom is -0.444 e. The third kappa shape index (κ3) is 4.82. The van der Waals surface area contributed by atoms with E-state index in [2.05, 4.69) is 15.3 Å². The van der Waals surface area contributed by atoms with Gasteiger partial charge in [0.15, 0.2) is 11.4 Å². The smallest absolute Gasteiger partial charge is 0.437 e. The summed E-state index contributed by atoms with van der Waals surface area (Å²) in [6.07, 6.45) is -1.84. The average Bonchev–Trinajstić information content (AvgIpc) is 2.81. The fourth-order valence-electron chi connectivity index (χ4n) is 4.49. The lowest BCUT2D eigenvalue weighted by Gasteiger charge is -2.40. The Morgan fingerprint density at radius 1 is 1.14 bits per heavy atom. The molecular weight excluding hydrogens is 467 g/mol. The van der Waals surface area contributed by atoms with Gasteiger partial charge in [0.1, 0.15) is 6.61 Å². The number of amides is 2. The van der Waals surface area contributed by atoms with Crippen molar-refractivity contribution in [3.8, 4) is 5.75 Å². The van der Waals surface area contributed by atoms with E-state index in [4.69, 9.17) is 9.47 Å². The molecule has 2 aliphatic heterocycles. The number of aromatic nitrogens is 2. The first-order valence-electron chi connectivity index (χ1n) is 11.5. The van der Waals surface area contributed by atoms with Gasteiger partial charge in [-0.25, -0.2) is 19.6 Å². The normalized spacial score (nSPS) is 19.0. The molecule has 186 valence electrons. The highest BCUT2D eigenvalue weighted by Gasteiger charge is 2.40. The summed E-state index contributed by atoms with van der Waals surface area (Å²) in [5.41, 5.74) is 0.394. The highest BCUT2D eigenvalue weighted by molar-refractivity contribution is 5.91. The summed E-state index contributed by atoms with van der Waals surface area (Å²) in [5, 5.41) is 2.53. The van der Waals surface area contributed by atoms with Gasteiger partial charge in [0, 0.05) is 30.7 Å². The van der Waals surface area contributed by atoms with Gasteiger partial charge in [-0.05, 0) is 38.2 Å². The Hall–Kier alpha value is -3.57. The molecule has 1 aliphatic carbocycles. The molecule has 2 fully saturated rings. The number of nitrogens with one attached hydrogen (secondary N) is 1. The molecule has 1 aromatic carbocycles. The first-order chi connectivity index (χ1) is 16.8. The van der Waals surface area contributed by atoms with Crippen LogP contribution >= 0.6 is 0 Å². The van der Waals surface area contributed by atoms with Crippen molar-refractivity contribution in [2.75, 3.05) is 22.9 Å². The number of para-hydroxylation sites is 1. The van der Waals surface area contributed by atoms with E-state index in [-0.39, 0.29) is 24.6 Å². The monoisotopic (exact) mass is 491 g/mol. The Kier molecular flexibility index (Phi) is 6.12. The van der Waals surface area contributed by atoms with Crippen LogP contribution in [-0.2, 0) is 17.5 Å². The zero-order chi connectivity index (χ0) is 24.6. The number of fused-ring (bicyclic) bond motifs is 1. The standard InChI is InChI=1S/C23H24F3N5O4/c24-23(25,26)19-18(35-21(32)28-15-5-3-6-15)12-27-20(29-19)30-10-8-16(9-11-30)31-17-7-2-1-4-14(17)13-34-22(31)33/h1-2,4,7,12,15-16H,3,5-6,8-11,13H2,(H,28,32). The lowest BCUT2D eigenvalue weighted by Crippen LogP contribution is -2.49. The molecule has 1 saturated carbocycles. The second kappa shape index (κ2) is 9.23. The van der Waals surface area contributed by atoms with Gasteiger partial charge in [-0.1, -0.05) is 18.2 Å². The number of anilines is 2. The van der Waals surface area contributed by atoms with E-state index in [9.17, 15) is 22.8 Å². The van der Waals surface area contributed by atoms with Gasteiger partial charge in [-0.15, -0.1) is 0 Å². The van der Waals surface area contributed by atoms with Crippen molar-refractivity contribution < 1.29 is 32.2 Å². The average molecular weight is 491 g/mol. The van der Waals surface area contributed by atoms with E-state index in [1.807, 2.05) is 24.3 Å². The molecule has 3 heterocycles. The summed E-state index contributed by atoms with van der Waals surface area (Å²) >= 11 is 0. The van der Waals surface area contributed by atoms with Gasteiger partial charge in [-0.2, -0.15) is 13.2 Å². The summed E-state index contributed by atoms with van der Waals surface area (Å²) in [6, 6.07) is 7.23. The molecule has 12 heteroatoms. The molecule has 35 heavy (non-hydrogen) atoms. The maximum Gasteiger partial charge on any atom is 0.437 e. The summed E-state index contributed by atoms with van der Waals surface area (Å²) in [6.45, 7) is 0.901. The molecule has 2 amide bonds. The van der Waals surface area contributed by atoms with Gasteiger partial charge >= 0.3 is 18.4 Å². The van der Waals surface area contributed by atoms with Crippen LogP contribution in [0, 0.1) is 0 Å². The van der Waals surface area contributed by atoms with Crippen molar-refractivity contribution in [1.29, 1.82) is 0 Å². The SMILES string of the molecule is O=C(NC1CCC1)Oc1cnc(N2CCC(N3C(=O)OCc4ccccc43)CC2)nc1C(F)(F)F. The second-order valence-corrected chi connectivity index (χ2v) is 8.81. The number of benzene rings is 1. The van der Waals surface area contributed by atoms with Crippen LogP contribution in [0.15, 0.2) is 30.5 Å². The van der Waals surface area contributed by atoms with Crippen LogP contribution in [0.5, 0.6) is 5.75 Å². The number of ether oxygens (including phenoxy) is 2. The summed E-state index contributed by atoms with van der Waals surface area (Å²) in [5.74, 6) is -0.843. The van der Waals surface area contributed by atoms with E-state index in [1.165, 1.54) is 0 Å². The number of halogens is 3. The number of carbonyl (C=O) groups is 2. The van der Waals surface area contributed by atoms with E-state index in [1.54, 1.807) is 9.80 Å². The molecule has 0 atom stereocenters. The molecule has 0 radical (unpaired) electrons. The van der Waals surface area contributed by atoms with Gasteiger partial charge in [-0.3, -0.25) is 4.90 Å². The van der Waals surface area contributed by atoms with E-state index < -0.39 is 29.8 Å². The van der Waals surface area contributed by atoms with Crippen LogP contribution in [0.2, 0.25) is 0 Å². The fraction of sp³-hybridized carbons (Fsp3) is 0.478. The van der Waals surface area contributed by atoms with Crippen LogP contribution in [-0.4, -0.2) is 47.3 Å². The van der Waals surface area contributed by atoms with Crippen LogP contribution in [0.4, 0.5) is 34.4 Å².